The monoisotopic (exact) mass is 298 g/mol. The van der Waals surface area contributed by atoms with Crippen LogP contribution in [0.2, 0.25) is 0 Å². The van der Waals surface area contributed by atoms with E-state index < -0.39 is 32.6 Å². The maximum Gasteiger partial charge on any atom is 0.741 e. The van der Waals surface area contributed by atoms with E-state index in [1.807, 2.05) is 0 Å². The fourth-order valence-corrected chi connectivity index (χ4v) is 2.13. The Balaban J connectivity index is 2.58. The fraction of sp³-hybridized carbons (Fsp3) is 0. The van der Waals surface area contributed by atoms with Gasteiger partial charge in [-0.2, -0.15) is 0 Å². The van der Waals surface area contributed by atoms with Crippen LogP contribution in [0.25, 0.3) is 0 Å². The number of cyclic esters (lactones) is 2. The van der Waals surface area contributed by atoms with E-state index in [1.165, 1.54) is 22.6 Å². The van der Waals surface area contributed by atoms with Crippen molar-refractivity contribution >= 4 is 32.6 Å². The van der Waals surface area contributed by atoms with Gasteiger partial charge in [0.05, 0.1) is 0 Å². The van der Waals surface area contributed by atoms with E-state index in [1.54, 1.807) is 0 Å². The normalized spacial score (nSPS) is 14.9. The number of carbonyl (C=O) groups excluding carboxylic acids is 4. The highest BCUT2D eigenvalue weighted by Crippen LogP contribution is 2.09. The molecule has 0 aromatic carbocycles. The van der Waals surface area contributed by atoms with Crippen molar-refractivity contribution in [3.05, 3.63) is 0 Å². The lowest BCUT2D eigenvalue weighted by molar-refractivity contribution is -0.273. The van der Waals surface area contributed by atoms with E-state index in [4.69, 9.17) is 0 Å². The molecule has 0 saturated carbocycles. The minimum absolute atomic E-state index is 0.845. The average molecular weight is 298 g/mol. The Hall–Kier alpha value is -0.458. The van der Waals surface area contributed by atoms with E-state index in [-0.39, 0.29) is 0 Å². The van der Waals surface area contributed by atoms with Crippen molar-refractivity contribution in [2.45, 2.75) is 0 Å². The van der Waals surface area contributed by atoms with Gasteiger partial charge in [-0.05, 0) is 0 Å². The van der Waals surface area contributed by atoms with Gasteiger partial charge in [-0.15, -0.1) is 0 Å². The van der Waals surface area contributed by atoms with Gasteiger partial charge in [-0.3, -0.25) is 19.2 Å². The molecule has 12 heavy (non-hydrogen) atoms. The van der Waals surface area contributed by atoms with Crippen LogP contribution in [0.3, 0.4) is 0 Å². The second kappa shape index (κ2) is 3.51. The van der Waals surface area contributed by atoms with Crippen LogP contribution in [0.1, 0.15) is 0 Å². The summed E-state index contributed by atoms with van der Waals surface area (Å²) in [6.45, 7) is 0. The van der Waals surface area contributed by atoms with Crippen molar-refractivity contribution < 1.29 is 51.2 Å². The minimum Gasteiger partial charge on any atom is -0.665 e. The lowest BCUT2D eigenvalue weighted by Crippen LogP contribution is -3.38. The summed E-state index contributed by atoms with van der Waals surface area (Å²) in [5.41, 5.74) is 0. The number of rotatable bonds is 1. The number of hydrogen-bond donors (Lipinski definition) is 0. The number of ether oxygens (including phenoxy) is 2. The minimum atomic E-state index is -2.93. The first-order valence-electron chi connectivity index (χ1n) is 2.69. The summed E-state index contributed by atoms with van der Waals surface area (Å²) in [4.78, 5) is 39.2. The maximum atomic E-state index is 10.7. The molecular formula is C4AlIO6-. The smallest absolute Gasteiger partial charge is 0.665 e. The molecule has 1 radical (unpaired) electrons. The summed E-state index contributed by atoms with van der Waals surface area (Å²) >= 11 is -1.70. The molecule has 8 heteroatoms. The summed E-state index contributed by atoms with van der Waals surface area (Å²) in [5.74, 6) is 0. The van der Waals surface area contributed by atoms with Crippen molar-refractivity contribution in [1.29, 1.82) is 0 Å². The second-order valence-corrected chi connectivity index (χ2v) is 4.99. The van der Waals surface area contributed by atoms with Gasteiger partial charge in [0, 0.05) is 0 Å². The Morgan fingerprint density at radius 2 is 1.83 bits per heavy atom. The van der Waals surface area contributed by atoms with Crippen LogP contribution in [0.15, 0.2) is 0 Å². The van der Waals surface area contributed by atoms with Gasteiger partial charge in [0.1, 0.15) is 0 Å². The molecule has 1 saturated heterocycles. The predicted octanol–water partition coefficient (Wildman–Crippen LogP) is -2.69. The van der Waals surface area contributed by atoms with Gasteiger partial charge in [-0.25, -0.2) is 0 Å². The maximum absolute atomic E-state index is 10.7. The molecule has 1 aliphatic heterocycles. The summed E-state index contributed by atoms with van der Waals surface area (Å²) < 4.78 is 7.10. The summed E-state index contributed by atoms with van der Waals surface area (Å²) in [6, 6.07) is 0. The molecule has 0 atom stereocenters. The Labute approximate surface area is 83.7 Å². The average Bonchev–Trinajstić information content (AvgIpc) is 1.83. The van der Waals surface area contributed by atoms with Crippen LogP contribution >= 0.6 is 0 Å². The van der Waals surface area contributed by atoms with Crippen LogP contribution in [-0.4, -0.2) is 32.6 Å². The van der Waals surface area contributed by atoms with Crippen molar-refractivity contribution in [1.82, 2.24) is 0 Å². The largest absolute Gasteiger partial charge is 0.741 e. The van der Waals surface area contributed by atoms with E-state index >= 15 is 0 Å². The zero-order chi connectivity index (χ0) is 9.30. The molecule has 0 spiro atoms. The highest BCUT2D eigenvalue weighted by Gasteiger charge is 2.61. The molecule has 6 nitrogen and oxygen atoms in total. The third-order valence-electron chi connectivity index (χ3n) is 1.09. The van der Waals surface area contributed by atoms with E-state index in [0.717, 1.165) is 0 Å². The topological polar surface area (TPSA) is 86.7 Å². The third-order valence-corrected chi connectivity index (χ3v) is 3.08. The van der Waals surface area contributed by atoms with E-state index in [0.29, 0.717) is 0 Å². The SMILES string of the molecule is O=C([I-])O[C](=O)[Al]1[C](=O)O[C]1=O. The van der Waals surface area contributed by atoms with Crippen LogP contribution in [0.4, 0.5) is 19.2 Å². The Bertz CT molecular complexity index is 271. The Morgan fingerprint density at radius 1 is 1.33 bits per heavy atom. The molecule has 0 amide bonds. The zero-order valence-electron chi connectivity index (χ0n) is 5.40. The first kappa shape index (κ1) is 9.63. The van der Waals surface area contributed by atoms with Crippen molar-refractivity contribution in [2.75, 3.05) is 0 Å². The molecule has 0 aliphatic carbocycles. The summed E-state index contributed by atoms with van der Waals surface area (Å²) in [5, 5.41) is 0. The highest BCUT2D eigenvalue weighted by molar-refractivity contribution is 7.30. The molecule has 0 bridgehead atoms. The van der Waals surface area contributed by atoms with E-state index in [9.17, 15) is 19.2 Å². The molecule has 0 N–H and O–H groups in total. The van der Waals surface area contributed by atoms with Gasteiger partial charge >= 0.3 is 14.1 Å². The summed E-state index contributed by atoms with van der Waals surface area (Å²) in [7, 11) is 0. The van der Waals surface area contributed by atoms with Gasteiger partial charge in [0.2, 0.25) is 14.5 Å². The molecule has 1 rings (SSSR count). The molecule has 1 aliphatic rings. The lowest BCUT2D eigenvalue weighted by Gasteiger charge is -2.16. The summed E-state index contributed by atoms with van der Waals surface area (Å²) in [6.07, 6.45) is 0. The van der Waals surface area contributed by atoms with Crippen LogP contribution in [0, 0.1) is 0 Å². The zero-order valence-corrected chi connectivity index (χ0v) is 8.72. The molecule has 0 unspecified atom stereocenters. The molecule has 1 fully saturated rings. The van der Waals surface area contributed by atoms with Gasteiger partial charge in [0.25, 0.3) is 0 Å². The number of hydrogen-bond acceptors (Lipinski definition) is 6. The second-order valence-electron chi connectivity index (χ2n) is 1.83. The van der Waals surface area contributed by atoms with E-state index in [2.05, 4.69) is 9.47 Å². The molecule has 1 heterocycles. The highest BCUT2D eigenvalue weighted by atomic mass is 127. The van der Waals surface area contributed by atoms with Crippen LogP contribution in [0.5, 0.6) is 0 Å². The quantitative estimate of drug-likeness (QED) is 0.227. The predicted molar refractivity (Wildman–Crippen MR) is 29.5 cm³/mol. The van der Waals surface area contributed by atoms with Gasteiger partial charge < -0.3 is 32.1 Å². The molecular weight excluding hydrogens is 298 g/mol. The van der Waals surface area contributed by atoms with Gasteiger partial charge in [-0.1, -0.05) is 0 Å². The van der Waals surface area contributed by atoms with Crippen molar-refractivity contribution in [2.24, 2.45) is 0 Å². The third kappa shape index (κ3) is 1.82. The lowest BCUT2D eigenvalue weighted by atomic mass is 11.3. The Morgan fingerprint density at radius 3 is 2.17 bits per heavy atom. The van der Waals surface area contributed by atoms with Crippen LogP contribution in [-0.2, 0) is 9.47 Å². The van der Waals surface area contributed by atoms with Crippen molar-refractivity contribution in [3.8, 4) is 0 Å². The number of carbonyl (C=O) groups is 4. The molecule has 0 aromatic rings. The van der Waals surface area contributed by atoms with Gasteiger partial charge in [0.15, 0.2) is 3.98 Å². The molecule has 63 valence electrons. The first-order valence-corrected chi connectivity index (χ1v) is 5.50. The number of halogens is 1. The fourth-order valence-electron chi connectivity index (χ4n) is 0.586. The van der Waals surface area contributed by atoms with Crippen molar-refractivity contribution in [3.63, 3.8) is 0 Å². The van der Waals surface area contributed by atoms with Crippen LogP contribution < -0.4 is 22.6 Å². The Kier molecular flexibility index (Phi) is 2.81. The standard InChI is InChI=1S/C2IO3.C2O3.Al/c3-2(5)6-1-4;3-1-5-2-4;/q-1;;. The first-order chi connectivity index (χ1) is 5.52. The molecule has 0 aromatic heterocycles.